The van der Waals surface area contributed by atoms with Gasteiger partial charge in [0.2, 0.25) is 0 Å². The van der Waals surface area contributed by atoms with Crippen molar-refractivity contribution in [1.82, 2.24) is 5.32 Å². The van der Waals surface area contributed by atoms with Crippen molar-refractivity contribution >= 4 is 11.8 Å². The van der Waals surface area contributed by atoms with Crippen molar-refractivity contribution in [3.8, 4) is 0 Å². The smallest absolute Gasteiger partial charge is 0.407 e. The van der Waals surface area contributed by atoms with Crippen LogP contribution < -0.4 is 5.32 Å². The number of carbonyl (C=O) groups is 1. The van der Waals surface area contributed by atoms with Gasteiger partial charge in [0.1, 0.15) is 12.7 Å². The van der Waals surface area contributed by atoms with E-state index in [0.717, 1.165) is 6.42 Å². The third kappa shape index (κ3) is 6.93. The number of hydrogen-bond donors (Lipinski definition) is 2. The fraction of sp³-hybridized carbons (Fsp3) is 0.692. The van der Waals surface area contributed by atoms with Crippen molar-refractivity contribution in [1.29, 1.82) is 5.41 Å². The molecule has 2 N–H and O–H groups in total. The molecule has 0 spiro atoms. The van der Waals surface area contributed by atoms with Gasteiger partial charge in [0, 0.05) is 5.71 Å². The summed E-state index contributed by atoms with van der Waals surface area (Å²) in [6.07, 6.45) is 1.88. The average Bonchev–Trinajstić information content (AvgIpc) is 2.31. The molecule has 0 fully saturated rings. The van der Waals surface area contributed by atoms with Gasteiger partial charge in [0.05, 0.1) is 12.8 Å². The largest absolute Gasteiger partial charge is 0.500 e. The minimum Gasteiger partial charge on any atom is -0.500 e. The van der Waals surface area contributed by atoms with Crippen molar-refractivity contribution in [2.45, 2.75) is 39.7 Å². The fourth-order valence-electron chi connectivity index (χ4n) is 1.47. The Kier molecular flexibility index (Phi) is 8.70. The molecule has 0 saturated carbocycles. The summed E-state index contributed by atoms with van der Waals surface area (Å²) in [6, 6.07) is 0. The lowest BCUT2D eigenvalue weighted by atomic mass is 9.99. The zero-order valence-electron chi connectivity index (χ0n) is 11.5. The predicted octanol–water partition coefficient (Wildman–Crippen LogP) is 2.72. The monoisotopic (exact) mass is 256 g/mol. The molecule has 0 rings (SSSR count). The van der Waals surface area contributed by atoms with Crippen LogP contribution in [0.2, 0.25) is 0 Å². The third-order valence-corrected chi connectivity index (χ3v) is 2.31. The van der Waals surface area contributed by atoms with Crippen molar-refractivity contribution in [2.75, 3.05) is 13.2 Å². The standard InChI is InChI=1S/C13H24N2O3/c1-5-7-11(14)12(10(3)4)18-13(16)15-8-9-17-6-2/h6,10,12,14H,2,5,7-9H2,1,3-4H3,(H,15,16). The van der Waals surface area contributed by atoms with E-state index in [1.54, 1.807) is 0 Å². The first-order chi connectivity index (χ1) is 8.52. The summed E-state index contributed by atoms with van der Waals surface area (Å²) in [6.45, 7) is 9.98. The Labute approximate surface area is 109 Å². The average molecular weight is 256 g/mol. The van der Waals surface area contributed by atoms with E-state index in [1.807, 2.05) is 20.8 Å². The molecule has 0 radical (unpaired) electrons. The molecule has 0 aromatic carbocycles. The number of rotatable bonds is 9. The van der Waals surface area contributed by atoms with Gasteiger partial charge in [-0.25, -0.2) is 4.79 Å². The van der Waals surface area contributed by atoms with E-state index in [2.05, 4.69) is 11.9 Å². The molecule has 0 aliphatic rings. The first-order valence-corrected chi connectivity index (χ1v) is 6.27. The van der Waals surface area contributed by atoms with Crippen LogP contribution in [0.4, 0.5) is 4.79 Å². The molecule has 104 valence electrons. The van der Waals surface area contributed by atoms with Crippen LogP contribution in [0.5, 0.6) is 0 Å². The zero-order chi connectivity index (χ0) is 14.0. The Morgan fingerprint density at radius 3 is 2.67 bits per heavy atom. The molecule has 5 nitrogen and oxygen atoms in total. The molecule has 1 atom stereocenters. The topological polar surface area (TPSA) is 71.4 Å². The number of carbonyl (C=O) groups excluding carboxylic acids is 1. The first-order valence-electron chi connectivity index (χ1n) is 6.27. The summed E-state index contributed by atoms with van der Waals surface area (Å²) in [5.74, 6) is 0.0965. The number of ether oxygens (including phenoxy) is 2. The van der Waals surface area contributed by atoms with Crippen LogP contribution in [0.1, 0.15) is 33.6 Å². The Morgan fingerprint density at radius 2 is 2.17 bits per heavy atom. The molecule has 0 aliphatic carbocycles. The summed E-state index contributed by atoms with van der Waals surface area (Å²) < 4.78 is 10.1. The summed E-state index contributed by atoms with van der Waals surface area (Å²) in [4.78, 5) is 11.5. The summed E-state index contributed by atoms with van der Waals surface area (Å²) in [5, 5.41) is 10.4. The van der Waals surface area contributed by atoms with Crippen LogP contribution in [-0.2, 0) is 9.47 Å². The Balaban J connectivity index is 4.11. The Hall–Kier alpha value is -1.52. The molecule has 0 bridgehead atoms. The van der Waals surface area contributed by atoms with Gasteiger partial charge >= 0.3 is 6.09 Å². The van der Waals surface area contributed by atoms with Gasteiger partial charge in [0.15, 0.2) is 0 Å². The lowest BCUT2D eigenvalue weighted by molar-refractivity contribution is 0.103. The van der Waals surface area contributed by atoms with Crippen LogP contribution in [-0.4, -0.2) is 31.1 Å². The predicted molar refractivity (Wildman–Crippen MR) is 71.9 cm³/mol. The number of hydrogen-bond acceptors (Lipinski definition) is 4. The van der Waals surface area contributed by atoms with Gasteiger partial charge in [-0.3, -0.25) is 0 Å². The van der Waals surface area contributed by atoms with Gasteiger partial charge in [0.25, 0.3) is 0 Å². The van der Waals surface area contributed by atoms with E-state index in [0.29, 0.717) is 25.3 Å². The lowest BCUT2D eigenvalue weighted by Gasteiger charge is -2.22. The van der Waals surface area contributed by atoms with Crippen LogP contribution in [0.15, 0.2) is 12.8 Å². The summed E-state index contributed by atoms with van der Waals surface area (Å²) in [7, 11) is 0. The highest BCUT2D eigenvalue weighted by atomic mass is 16.6. The normalized spacial score (nSPS) is 11.8. The maximum atomic E-state index is 11.5. The molecule has 0 aliphatic heterocycles. The van der Waals surface area contributed by atoms with Crippen LogP contribution in [0, 0.1) is 11.3 Å². The highest BCUT2D eigenvalue weighted by molar-refractivity contribution is 5.87. The molecule has 5 heteroatoms. The molecule has 0 aromatic heterocycles. The lowest BCUT2D eigenvalue weighted by Crippen LogP contribution is -2.37. The van der Waals surface area contributed by atoms with Crippen molar-refractivity contribution in [3.63, 3.8) is 0 Å². The first kappa shape index (κ1) is 16.5. The van der Waals surface area contributed by atoms with Gasteiger partial charge in [-0.15, -0.1) is 0 Å². The molecule has 18 heavy (non-hydrogen) atoms. The minimum absolute atomic E-state index is 0.0965. The second-order valence-electron chi connectivity index (χ2n) is 4.31. The van der Waals surface area contributed by atoms with Crippen molar-refractivity contribution in [3.05, 3.63) is 12.8 Å². The summed E-state index contributed by atoms with van der Waals surface area (Å²) in [5.41, 5.74) is 0.463. The molecular weight excluding hydrogens is 232 g/mol. The molecule has 0 heterocycles. The Bertz CT molecular complexity index is 277. The van der Waals surface area contributed by atoms with Crippen molar-refractivity contribution < 1.29 is 14.3 Å². The molecular formula is C13H24N2O3. The van der Waals surface area contributed by atoms with E-state index in [9.17, 15) is 4.79 Å². The van der Waals surface area contributed by atoms with E-state index in [4.69, 9.17) is 14.9 Å². The van der Waals surface area contributed by atoms with E-state index in [-0.39, 0.29) is 5.92 Å². The van der Waals surface area contributed by atoms with Gasteiger partial charge < -0.3 is 20.2 Å². The highest BCUT2D eigenvalue weighted by Crippen LogP contribution is 2.11. The number of amides is 1. The van der Waals surface area contributed by atoms with Crippen LogP contribution in [0.25, 0.3) is 0 Å². The van der Waals surface area contributed by atoms with E-state index < -0.39 is 12.2 Å². The van der Waals surface area contributed by atoms with Crippen molar-refractivity contribution in [2.24, 2.45) is 5.92 Å². The van der Waals surface area contributed by atoms with Gasteiger partial charge in [-0.2, -0.15) is 0 Å². The molecule has 0 aromatic rings. The van der Waals surface area contributed by atoms with Gasteiger partial charge in [-0.1, -0.05) is 33.8 Å². The maximum Gasteiger partial charge on any atom is 0.407 e. The van der Waals surface area contributed by atoms with E-state index >= 15 is 0 Å². The van der Waals surface area contributed by atoms with Crippen LogP contribution >= 0.6 is 0 Å². The maximum absolute atomic E-state index is 11.5. The highest BCUT2D eigenvalue weighted by Gasteiger charge is 2.22. The fourth-order valence-corrected chi connectivity index (χ4v) is 1.47. The SMILES string of the molecule is C=COCCNC(=O)OC(C(=N)CCC)C(C)C. The minimum atomic E-state index is -0.512. The second kappa shape index (κ2) is 9.50. The van der Waals surface area contributed by atoms with Gasteiger partial charge in [-0.05, 0) is 12.3 Å². The zero-order valence-corrected chi connectivity index (χ0v) is 11.5. The third-order valence-electron chi connectivity index (χ3n) is 2.31. The summed E-state index contributed by atoms with van der Waals surface area (Å²) >= 11 is 0. The second-order valence-corrected chi connectivity index (χ2v) is 4.31. The number of nitrogens with one attached hydrogen (secondary N) is 2. The quantitative estimate of drug-likeness (QED) is 0.378. The number of alkyl carbamates (subject to hydrolysis) is 1. The van der Waals surface area contributed by atoms with Crippen LogP contribution in [0.3, 0.4) is 0 Å². The Morgan fingerprint density at radius 1 is 1.50 bits per heavy atom. The molecule has 0 saturated heterocycles. The van der Waals surface area contributed by atoms with E-state index in [1.165, 1.54) is 6.26 Å². The molecule has 1 unspecified atom stereocenters. The molecule has 1 amide bonds.